The molecule has 0 saturated heterocycles. The smallest absolute Gasteiger partial charge is 0.270 e. The predicted molar refractivity (Wildman–Crippen MR) is 72.8 cm³/mol. The van der Waals surface area contributed by atoms with Crippen LogP contribution in [0.5, 0.6) is 0 Å². The predicted octanol–water partition coefficient (Wildman–Crippen LogP) is 2.42. The van der Waals surface area contributed by atoms with E-state index in [0.717, 1.165) is 25.8 Å². The Morgan fingerprint density at radius 2 is 2.11 bits per heavy atom. The van der Waals surface area contributed by atoms with E-state index in [1.807, 2.05) is 11.8 Å². The van der Waals surface area contributed by atoms with E-state index in [9.17, 15) is 9.59 Å². The molecule has 0 fully saturated rings. The fourth-order valence-electron chi connectivity index (χ4n) is 1.80. The highest BCUT2D eigenvalue weighted by molar-refractivity contribution is 5.92. The van der Waals surface area contributed by atoms with E-state index in [1.54, 1.807) is 12.1 Å². The highest BCUT2D eigenvalue weighted by Crippen LogP contribution is 2.10. The van der Waals surface area contributed by atoms with Crippen LogP contribution in [0.4, 0.5) is 0 Å². The summed E-state index contributed by atoms with van der Waals surface area (Å²) in [6, 6.07) is 4.87. The number of nitrogens with one attached hydrogen (secondary N) is 1. The Bertz CT molecular complexity index is 439. The third-order valence-electron chi connectivity index (χ3n) is 3.14. The zero-order valence-corrected chi connectivity index (χ0v) is 11.4. The van der Waals surface area contributed by atoms with Crippen molar-refractivity contribution in [3.63, 3.8) is 0 Å². The third kappa shape index (κ3) is 3.72. The first-order valence-electron chi connectivity index (χ1n) is 6.60. The van der Waals surface area contributed by atoms with Gasteiger partial charge < -0.3 is 9.88 Å². The van der Waals surface area contributed by atoms with Gasteiger partial charge in [-0.05, 0) is 25.8 Å². The van der Waals surface area contributed by atoms with E-state index < -0.39 is 0 Å². The summed E-state index contributed by atoms with van der Waals surface area (Å²) in [4.78, 5) is 28.0. The lowest BCUT2D eigenvalue weighted by Gasteiger charge is -2.28. The van der Waals surface area contributed by atoms with Crippen molar-refractivity contribution in [3.8, 4) is 0 Å². The standard InChI is InChI=1S/C14H22N2O2/c1-4-6-10-16(11(3)5-2)14(18)12-8-7-9-13(17)15-12/h7-9,11H,4-6,10H2,1-3H3,(H,15,17). The maximum absolute atomic E-state index is 12.4. The van der Waals surface area contributed by atoms with E-state index in [-0.39, 0.29) is 17.5 Å². The van der Waals surface area contributed by atoms with Gasteiger partial charge in [0.2, 0.25) is 5.56 Å². The lowest BCUT2D eigenvalue weighted by atomic mass is 10.1. The fourth-order valence-corrected chi connectivity index (χ4v) is 1.80. The van der Waals surface area contributed by atoms with Gasteiger partial charge in [0, 0.05) is 18.7 Å². The van der Waals surface area contributed by atoms with Gasteiger partial charge >= 0.3 is 0 Å². The van der Waals surface area contributed by atoms with Gasteiger partial charge in [-0.1, -0.05) is 26.3 Å². The van der Waals surface area contributed by atoms with Crippen molar-refractivity contribution in [2.45, 2.75) is 46.1 Å². The van der Waals surface area contributed by atoms with E-state index in [1.165, 1.54) is 6.07 Å². The van der Waals surface area contributed by atoms with Crippen molar-refractivity contribution in [3.05, 3.63) is 34.2 Å². The first kappa shape index (κ1) is 14.5. The van der Waals surface area contributed by atoms with Crippen LogP contribution in [0.25, 0.3) is 0 Å². The molecule has 1 aromatic rings. The number of aromatic nitrogens is 1. The molecule has 1 atom stereocenters. The van der Waals surface area contributed by atoms with Crippen molar-refractivity contribution < 1.29 is 4.79 Å². The van der Waals surface area contributed by atoms with Crippen molar-refractivity contribution >= 4 is 5.91 Å². The van der Waals surface area contributed by atoms with Crippen LogP contribution < -0.4 is 5.56 Å². The van der Waals surface area contributed by atoms with Crippen LogP contribution in [0.2, 0.25) is 0 Å². The minimum Gasteiger partial charge on any atom is -0.335 e. The normalized spacial score (nSPS) is 12.2. The Balaban J connectivity index is 2.91. The van der Waals surface area contributed by atoms with Crippen LogP contribution in [-0.2, 0) is 0 Å². The molecule has 0 radical (unpaired) electrons. The number of carbonyl (C=O) groups is 1. The summed E-state index contributed by atoms with van der Waals surface area (Å²) in [6.07, 6.45) is 2.94. The van der Waals surface area contributed by atoms with Crippen LogP contribution in [0.3, 0.4) is 0 Å². The summed E-state index contributed by atoms with van der Waals surface area (Å²) in [5.41, 5.74) is 0.138. The van der Waals surface area contributed by atoms with Gasteiger partial charge in [0.05, 0.1) is 0 Å². The molecule has 1 heterocycles. The molecule has 4 nitrogen and oxygen atoms in total. The number of carbonyl (C=O) groups excluding carboxylic acids is 1. The number of pyridine rings is 1. The molecule has 1 rings (SSSR count). The van der Waals surface area contributed by atoms with E-state index in [4.69, 9.17) is 0 Å². The molecule has 0 aromatic carbocycles. The zero-order chi connectivity index (χ0) is 13.5. The first-order chi connectivity index (χ1) is 8.60. The number of unbranched alkanes of at least 4 members (excludes halogenated alkanes) is 1. The second-order valence-electron chi connectivity index (χ2n) is 4.54. The molecule has 0 bridgehead atoms. The molecule has 1 N–H and O–H groups in total. The number of hydrogen-bond donors (Lipinski definition) is 1. The topological polar surface area (TPSA) is 53.2 Å². The highest BCUT2D eigenvalue weighted by atomic mass is 16.2. The molecule has 0 spiro atoms. The summed E-state index contributed by atoms with van der Waals surface area (Å²) in [7, 11) is 0. The molecular weight excluding hydrogens is 228 g/mol. The molecule has 18 heavy (non-hydrogen) atoms. The van der Waals surface area contributed by atoms with Crippen LogP contribution in [0.15, 0.2) is 23.0 Å². The Morgan fingerprint density at radius 3 is 2.67 bits per heavy atom. The van der Waals surface area contributed by atoms with Crippen molar-refractivity contribution in [2.24, 2.45) is 0 Å². The van der Waals surface area contributed by atoms with Crippen molar-refractivity contribution in [1.82, 2.24) is 9.88 Å². The van der Waals surface area contributed by atoms with E-state index in [2.05, 4.69) is 18.8 Å². The molecule has 1 aromatic heterocycles. The molecular formula is C14H22N2O2. The van der Waals surface area contributed by atoms with Gasteiger partial charge in [-0.3, -0.25) is 9.59 Å². The van der Waals surface area contributed by atoms with Gasteiger partial charge in [0.25, 0.3) is 5.91 Å². The van der Waals surface area contributed by atoms with Crippen molar-refractivity contribution in [1.29, 1.82) is 0 Å². The number of amides is 1. The van der Waals surface area contributed by atoms with Crippen LogP contribution in [-0.4, -0.2) is 28.4 Å². The average molecular weight is 250 g/mol. The molecule has 100 valence electrons. The Kier molecular flexibility index (Phi) is 5.62. The second-order valence-corrected chi connectivity index (χ2v) is 4.54. The molecule has 4 heteroatoms. The summed E-state index contributed by atoms with van der Waals surface area (Å²) in [5.74, 6) is -0.0875. The Morgan fingerprint density at radius 1 is 1.39 bits per heavy atom. The van der Waals surface area contributed by atoms with Crippen LogP contribution in [0.1, 0.15) is 50.5 Å². The summed E-state index contributed by atoms with van der Waals surface area (Å²) in [6.45, 7) is 6.93. The quantitative estimate of drug-likeness (QED) is 0.843. The Hall–Kier alpha value is -1.58. The SMILES string of the molecule is CCCCN(C(=O)c1cccc(=O)[nH]1)C(C)CC. The number of nitrogens with zero attached hydrogens (tertiary/aromatic N) is 1. The maximum Gasteiger partial charge on any atom is 0.270 e. The minimum atomic E-state index is -0.236. The summed E-state index contributed by atoms with van der Waals surface area (Å²) in [5, 5.41) is 0. The monoisotopic (exact) mass is 250 g/mol. The number of rotatable bonds is 6. The zero-order valence-electron chi connectivity index (χ0n) is 11.4. The first-order valence-corrected chi connectivity index (χ1v) is 6.60. The van der Waals surface area contributed by atoms with E-state index >= 15 is 0 Å². The van der Waals surface area contributed by atoms with Gasteiger partial charge in [-0.15, -0.1) is 0 Å². The minimum absolute atomic E-state index is 0.0875. The summed E-state index contributed by atoms with van der Waals surface area (Å²) < 4.78 is 0. The van der Waals surface area contributed by atoms with Crippen LogP contribution in [0, 0.1) is 0 Å². The largest absolute Gasteiger partial charge is 0.335 e. The average Bonchev–Trinajstić information content (AvgIpc) is 2.38. The lowest BCUT2D eigenvalue weighted by Crippen LogP contribution is -2.39. The highest BCUT2D eigenvalue weighted by Gasteiger charge is 2.20. The molecule has 1 unspecified atom stereocenters. The van der Waals surface area contributed by atoms with Crippen LogP contribution >= 0.6 is 0 Å². The number of hydrogen-bond acceptors (Lipinski definition) is 2. The van der Waals surface area contributed by atoms with Crippen molar-refractivity contribution in [2.75, 3.05) is 6.54 Å². The molecule has 1 amide bonds. The van der Waals surface area contributed by atoms with Gasteiger partial charge in [0.1, 0.15) is 5.69 Å². The fraction of sp³-hybridized carbons (Fsp3) is 0.571. The third-order valence-corrected chi connectivity index (χ3v) is 3.14. The summed E-state index contributed by atoms with van der Waals surface area (Å²) >= 11 is 0. The molecule has 0 aliphatic rings. The lowest BCUT2D eigenvalue weighted by molar-refractivity contribution is 0.0679. The molecule has 0 aliphatic heterocycles. The molecule has 0 saturated carbocycles. The second kappa shape index (κ2) is 6.99. The molecule has 0 aliphatic carbocycles. The number of H-pyrrole nitrogens is 1. The van der Waals surface area contributed by atoms with Gasteiger partial charge in [0.15, 0.2) is 0 Å². The van der Waals surface area contributed by atoms with Gasteiger partial charge in [-0.25, -0.2) is 0 Å². The maximum atomic E-state index is 12.4. The Labute approximate surface area is 108 Å². The number of aromatic amines is 1. The van der Waals surface area contributed by atoms with Gasteiger partial charge in [-0.2, -0.15) is 0 Å². The van der Waals surface area contributed by atoms with E-state index in [0.29, 0.717) is 5.69 Å².